The molecule has 1 aromatic rings. The van der Waals surface area contributed by atoms with E-state index in [0.717, 1.165) is 31.7 Å². The van der Waals surface area contributed by atoms with Crippen molar-refractivity contribution in [3.05, 3.63) is 35.4 Å². The number of rotatable bonds is 6. The fraction of sp³-hybridized carbons (Fsp3) is 0.526. The zero-order chi connectivity index (χ0) is 16.7. The van der Waals surface area contributed by atoms with Crippen LogP contribution in [0.1, 0.15) is 30.9 Å². The Bertz CT molecular complexity index is 571. The molecule has 1 amide bonds. The second-order valence-electron chi connectivity index (χ2n) is 6.17. The van der Waals surface area contributed by atoms with Gasteiger partial charge in [-0.3, -0.25) is 4.79 Å². The zero-order valence-corrected chi connectivity index (χ0v) is 14.1. The van der Waals surface area contributed by atoms with Gasteiger partial charge in [0.1, 0.15) is 0 Å². The lowest BCUT2D eigenvalue weighted by atomic mass is 10.1. The van der Waals surface area contributed by atoms with Gasteiger partial charge in [-0.2, -0.15) is 0 Å². The van der Waals surface area contributed by atoms with Crippen molar-refractivity contribution in [3.63, 3.8) is 0 Å². The summed E-state index contributed by atoms with van der Waals surface area (Å²) in [6.45, 7) is 5.67. The molecule has 1 saturated heterocycles. The Balaban J connectivity index is 1.82. The van der Waals surface area contributed by atoms with E-state index in [2.05, 4.69) is 35.9 Å². The number of amides is 1. The van der Waals surface area contributed by atoms with Crippen LogP contribution in [0.4, 0.5) is 0 Å². The standard InChI is InChI=1S/C19H26N2O2/c1-3-21-15-18(12-19(21)23)14-20(2)13-17-9-7-16(8-10-17)6-4-5-11-22/h7-10,18,22H,3,5,11-15H2,1-2H3. The molecule has 23 heavy (non-hydrogen) atoms. The van der Waals surface area contributed by atoms with Crippen molar-refractivity contribution in [1.29, 1.82) is 0 Å². The SMILES string of the molecule is CCN1CC(CN(C)Cc2ccc(C#CCCO)cc2)CC1=O. The van der Waals surface area contributed by atoms with E-state index in [9.17, 15) is 4.79 Å². The van der Waals surface area contributed by atoms with Gasteiger partial charge >= 0.3 is 0 Å². The third-order valence-corrected chi connectivity index (χ3v) is 4.12. The lowest BCUT2D eigenvalue weighted by molar-refractivity contribution is -0.127. The molecule has 0 spiro atoms. The van der Waals surface area contributed by atoms with E-state index in [1.54, 1.807) is 0 Å². The van der Waals surface area contributed by atoms with Crippen molar-refractivity contribution < 1.29 is 9.90 Å². The predicted molar refractivity (Wildman–Crippen MR) is 91.7 cm³/mol. The molecular weight excluding hydrogens is 288 g/mol. The smallest absolute Gasteiger partial charge is 0.222 e. The number of carbonyl (C=O) groups excluding carboxylic acids is 1. The van der Waals surface area contributed by atoms with E-state index in [1.165, 1.54) is 5.56 Å². The number of hydrogen-bond acceptors (Lipinski definition) is 3. The molecule has 0 aromatic heterocycles. The normalized spacial score (nSPS) is 17.5. The maximum absolute atomic E-state index is 11.8. The third kappa shape index (κ3) is 5.38. The molecule has 1 fully saturated rings. The van der Waals surface area contributed by atoms with Crippen molar-refractivity contribution >= 4 is 5.91 Å². The van der Waals surface area contributed by atoms with Crippen molar-refractivity contribution in [2.75, 3.05) is 33.3 Å². The summed E-state index contributed by atoms with van der Waals surface area (Å²) >= 11 is 0. The monoisotopic (exact) mass is 314 g/mol. The van der Waals surface area contributed by atoms with Gasteiger partial charge in [0.15, 0.2) is 0 Å². The van der Waals surface area contributed by atoms with Crippen LogP contribution < -0.4 is 0 Å². The highest BCUT2D eigenvalue weighted by molar-refractivity contribution is 5.78. The first-order chi connectivity index (χ1) is 11.1. The maximum Gasteiger partial charge on any atom is 0.222 e. The van der Waals surface area contributed by atoms with Gasteiger partial charge < -0.3 is 14.9 Å². The number of nitrogens with zero attached hydrogens (tertiary/aromatic N) is 2. The number of benzene rings is 1. The zero-order valence-electron chi connectivity index (χ0n) is 14.1. The second kappa shape index (κ2) is 8.71. The molecule has 0 saturated carbocycles. The minimum absolute atomic E-state index is 0.106. The molecule has 1 atom stereocenters. The lowest BCUT2D eigenvalue weighted by Gasteiger charge is -2.21. The van der Waals surface area contributed by atoms with Gasteiger partial charge in [0, 0.05) is 44.6 Å². The maximum atomic E-state index is 11.8. The molecule has 2 rings (SSSR count). The average molecular weight is 314 g/mol. The highest BCUT2D eigenvalue weighted by Gasteiger charge is 2.28. The largest absolute Gasteiger partial charge is 0.395 e. The molecule has 4 nitrogen and oxygen atoms in total. The van der Waals surface area contributed by atoms with Crippen LogP contribution in [-0.2, 0) is 11.3 Å². The Hall–Kier alpha value is -1.83. The van der Waals surface area contributed by atoms with Crippen molar-refractivity contribution in [1.82, 2.24) is 9.80 Å². The minimum Gasteiger partial charge on any atom is -0.395 e. The first-order valence-electron chi connectivity index (χ1n) is 8.27. The van der Waals surface area contributed by atoms with Gasteiger partial charge in [-0.15, -0.1) is 0 Å². The van der Waals surface area contributed by atoms with Gasteiger partial charge in [0.25, 0.3) is 0 Å². The second-order valence-corrected chi connectivity index (χ2v) is 6.17. The van der Waals surface area contributed by atoms with E-state index >= 15 is 0 Å². The summed E-state index contributed by atoms with van der Waals surface area (Å²) in [7, 11) is 2.11. The summed E-state index contributed by atoms with van der Waals surface area (Å²) in [5, 5.41) is 8.72. The molecule has 0 bridgehead atoms. The number of likely N-dealkylation sites (tertiary alicyclic amines) is 1. The summed E-state index contributed by atoms with van der Waals surface area (Å²) in [5.74, 6) is 6.69. The van der Waals surface area contributed by atoms with Crippen LogP contribution in [0.3, 0.4) is 0 Å². The van der Waals surface area contributed by atoms with Crippen LogP contribution in [0.5, 0.6) is 0 Å². The van der Waals surface area contributed by atoms with E-state index in [-0.39, 0.29) is 12.5 Å². The summed E-state index contributed by atoms with van der Waals surface area (Å²) in [6.07, 6.45) is 1.19. The molecule has 124 valence electrons. The first-order valence-corrected chi connectivity index (χ1v) is 8.27. The fourth-order valence-electron chi connectivity index (χ4n) is 3.01. The molecule has 1 aliphatic rings. The molecule has 0 aliphatic carbocycles. The molecule has 1 heterocycles. The van der Waals surface area contributed by atoms with E-state index < -0.39 is 0 Å². The summed E-state index contributed by atoms with van der Waals surface area (Å²) < 4.78 is 0. The van der Waals surface area contributed by atoms with Crippen molar-refractivity contribution in [2.24, 2.45) is 5.92 Å². The first kappa shape index (κ1) is 17.5. The molecule has 1 N–H and O–H groups in total. The van der Waals surface area contributed by atoms with Crippen LogP contribution in [0.15, 0.2) is 24.3 Å². The fourth-order valence-corrected chi connectivity index (χ4v) is 3.01. The van der Waals surface area contributed by atoms with Crippen LogP contribution in [0.25, 0.3) is 0 Å². The number of carbonyl (C=O) groups is 1. The Morgan fingerprint density at radius 2 is 2.09 bits per heavy atom. The third-order valence-electron chi connectivity index (χ3n) is 4.12. The van der Waals surface area contributed by atoms with Gasteiger partial charge in [-0.1, -0.05) is 24.0 Å². The summed E-state index contributed by atoms with van der Waals surface area (Å²) in [5.41, 5.74) is 2.22. The summed E-state index contributed by atoms with van der Waals surface area (Å²) in [4.78, 5) is 16.0. The van der Waals surface area contributed by atoms with Crippen LogP contribution >= 0.6 is 0 Å². The van der Waals surface area contributed by atoms with E-state index in [0.29, 0.717) is 18.8 Å². The topological polar surface area (TPSA) is 43.8 Å². The molecular formula is C19H26N2O2. The number of hydrogen-bond donors (Lipinski definition) is 1. The Kier molecular flexibility index (Phi) is 6.64. The highest BCUT2D eigenvalue weighted by Crippen LogP contribution is 2.19. The quantitative estimate of drug-likeness (QED) is 0.813. The highest BCUT2D eigenvalue weighted by atomic mass is 16.2. The van der Waals surface area contributed by atoms with Gasteiger partial charge in [0.2, 0.25) is 5.91 Å². The molecule has 1 aliphatic heterocycles. The Morgan fingerprint density at radius 3 is 2.70 bits per heavy atom. The number of aliphatic hydroxyl groups is 1. The van der Waals surface area contributed by atoms with E-state index in [4.69, 9.17) is 5.11 Å². The average Bonchev–Trinajstić information content (AvgIpc) is 2.88. The summed E-state index contributed by atoms with van der Waals surface area (Å²) in [6, 6.07) is 8.23. The molecule has 1 aromatic carbocycles. The van der Waals surface area contributed by atoms with Gasteiger partial charge in [-0.05, 0) is 37.6 Å². The Morgan fingerprint density at radius 1 is 1.35 bits per heavy atom. The van der Waals surface area contributed by atoms with Crippen molar-refractivity contribution in [3.8, 4) is 11.8 Å². The van der Waals surface area contributed by atoms with Crippen LogP contribution in [-0.4, -0.2) is 54.1 Å². The van der Waals surface area contributed by atoms with Gasteiger partial charge in [-0.25, -0.2) is 0 Å². The van der Waals surface area contributed by atoms with Gasteiger partial charge in [0.05, 0.1) is 6.61 Å². The minimum atomic E-state index is 0.106. The Labute approximate surface area is 139 Å². The predicted octanol–water partition coefficient (Wildman–Crippen LogP) is 1.72. The molecule has 4 heteroatoms. The van der Waals surface area contributed by atoms with E-state index in [1.807, 2.05) is 24.0 Å². The van der Waals surface area contributed by atoms with Crippen LogP contribution in [0, 0.1) is 17.8 Å². The molecule has 1 unspecified atom stereocenters. The van der Waals surface area contributed by atoms with Crippen LogP contribution in [0.2, 0.25) is 0 Å². The lowest BCUT2D eigenvalue weighted by Crippen LogP contribution is -2.28. The molecule has 0 radical (unpaired) electrons. The van der Waals surface area contributed by atoms with Crippen molar-refractivity contribution in [2.45, 2.75) is 26.3 Å². The number of aliphatic hydroxyl groups excluding tert-OH is 1.